The molecule has 0 aliphatic carbocycles. The number of hydrogen-bond donors (Lipinski definition) is 1. The minimum atomic E-state index is -0.131. The monoisotopic (exact) mass is 329 g/mol. The highest BCUT2D eigenvalue weighted by molar-refractivity contribution is 5.84. The number of piperidine rings is 1. The first-order valence-electron chi connectivity index (χ1n) is 8.46. The van der Waals surface area contributed by atoms with Gasteiger partial charge >= 0.3 is 0 Å². The molecule has 2 aromatic rings. The summed E-state index contributed by atoms with van der Waals surface area (Å²) in [5.74, 6) is 0.637. The number of para-hydroxylation sites is 2. The fourth-order valence-corrected chi connectivity index (χ4v) is 3.05. The zero-order valence-electron chi connectivity index (χ0n) is 14.1. The molecule has 1 aromatic heterocycles. The Labute approximate surface area is 141 Å². The van der Waals surface area contributed by atoms with Gasteiger partial charge in [-0.2, -0.15) is 0 Å². The van der Waals surface area contributed by atoms with E-state index in [1.165, 1.54) is 0 Å². The first kappa shape index (κ1) is 16.5. The molecule has 2 heterocycles. The molecule has 0 bridgehead atoms. The van der Waals surface area contributed by atoms with Crippen molar-refractivity contribution >= 4 is 22.9 Å². The van der Waals surface area contributed by atoms with Crippen LogP contribution < -0.4 is 5.32 Å². The maximum atomic E-state index is 12.3. The molecular weight excluding hydrogens is 306 g/mol. The number of amides is 2. The molecule has 1 aromatic carbocycles. The molecule has 6 heteroatoms. The van der Waals surface area contributed by atoms with Crippen LogP contribution in [0.5, 0.6) is 0 Å². The van der Waals surface area contributed by atoms with Crippen molar-refractivity contribution in [1.29, 1.82) is 0 Å². The Bertz CT molecular complexity index is 705. The number of aromatic nitrogens is 1. The van der Waals surface area contributed by atoms with Gasteiger partial charge in [0.2, 0.25) is 11.8 Å². The van der Waals surface area contributed by atoms with Crippen molar-refractivity contribution in [3.8, 4) is 0 Å². The number of oxazole rings is 1. The Balaban J connectivity index is 1.51. The Morgan fingerprint density at radius 1 is 1.42 bits per heavy atom. The average Bonchev–Trinajstić information content (AvgIpc) is 2.97. The van der Waals surface area contributed by atoms with Crippen molar-refractivity contribution in [2.75, 3.05) is 13.1 Å². The van der Waals surface area contributed by atoms with Crippen molar-refractivity contribution in [2.24, 2.45) is 5.92 Å². The van der Waals surface area contributed by atoms with Crippen LogP contribution in [-0.4, -0.2) is 40.8 Å². The molecule has 1 saturated heterocycles. The summed E-state index contributed by atoms with van der Waals surface area (Å²) in [4.78, 5) is 30.4. The molecule has 0 spiro atoms. The van der Waals surface area contributed by atoms with Gasteiger partial charge in [0, 0.05) is 32.0 Å². The highest BCUT2D eigenvalue weighted by Crippen LogP contribution is 2.20. The van der Waals surface area contributed by atoms with Crippen molar-refractivity contribution in [3.63, 3.8) is 0 Å². The van der Waals surface area contributed by atoms with E-state index in [1.54, 1.807) is 4.90 Å². The van der Waals surface area contributed by atoms with Crippen LogP contribution in [-0.2, 0) is 16.0 Å². The lowest BCUT2D eigenvalue weighted by Gasteiger charge is -2.34. The first-order valence-corrected chi connectivity index (χ1v) is 8.46. The van der Waals surface area contributed by atoms with Crippen molar-refractivity contribution in [3.05, 3.63) is 30.2 Å². The number of carbonyl (C=O) groups excluding carboxylic acids is 2. The van der Waals surface area contributed by atoms with Gasteiger partial charge in [-0.1, -0.05) is 12.1 Å². The number of likely N-dealkylation sites (tertiary alicyclic amines) is 1. The molecule has 1 N–H and O–H groups in total. The summed E-state index contributed by atoms with van der Waals surface area (Å²) in [5, 5.41) is 2.94. The molecular formula is C18H23N3O3. The molecule has 0 unspecified atom stereocenters. The van der Waals surface area contributed by atoms with E-state index in [9.17, 15) is 9.59 Å². The number of benzene rings is 1. The standard InChI is InChI=1S/C18H23N3O3/c1-12(2)21-11-13(7-8-17(21)22)18(23)19-10-9-16-20-14-5-3-4-6-15(14)24-16/h3-6,12-13H,7-11H2,1-2H3,(H,19,23)/t13-/m1/s1. The predicted molar refractivity (Wildman–Crippen MR) is 90.3 cm³/mol. The minimum Gasteiger partial charge on any atom is -0.441 e. The highest BCUT2D eigenvalue weighted by Gasteiger charge is 2.31. The van der Waals surface area contributed by atoms with Crippen LogP contribution in [0.4, 0.5) is 0 Å². The molecule has 1 atom stereocenters. The second kappa shape index (κ2) is 7.03. The Morgan fingerprint density at radius 3 is 2.96 bits per heavy atom. The van der Waals surface area contributed by atoms with Gasteiger partial charge in [-0.15, -0.1) is 0 Å². The molecule has 24 heavy (non-hydrogen) atoms. The lowest BCUT2D eigenvalue weighted by molar-refractivity contribution is -0.139. The fourth-order valence-electron chi connectivity index (χ4n) is 3.05. The van der Waals surface area contributed by atoms with Gasteiger partial charge < -0.3 is 14.6 Å². The van der Waals surface area contributed by atoms with Gasteiger partial charge in [-0.25, -0.2) is 4.98 Å². The van der Waals surface area contributed by atoms with Crippen molar-refractivity contribution in [2.45, 2.75) is 39.2 Å². The maximum absolute atomic E-state index is 12.3. The quantitative estimate of drug-likeness (QED) is 0.912. The third kappa shape index (κ3) is 3.58. The smallest absolute Gasteiger partial charge is 0.224 e. The van der Waals surface area contributed by atoms with Crippen molar-refractivity contribution in [1.82, 2.24) is 15.2 Å². The summed E-state index contributed by atoms with van der Waals surface area (Å²) in [6, 6.07) is 7.74. The lowest BCUT2D eigenvalue weighted by Crippen LogP contribution is -2.48. The van der Waals surface area contributed by atoms with E-state index in [4.69, 9.17) is 4.42 Å². The van der Waals surface area contributed by atoms with Gasteiger partial charge in [0.25, 0.3) is 0 Å². The second-order valence-corrected chi connectivity index (χ2v) is 6.49. The molecule has 2 amide bonds. The zero-order chi connectivity index (χ0) is 17.1. The van der Waals surface area contributed by atoms with Crippen molar-refractivity contribution < 1.29 is 14.0 Å². The number of nitrogens with zero attached hydrogens (tertiary/aromatic N) is 2. The SMILES string of the molecule is CC(C)N1C[C@H](C(=O)NCCc2nc3ccccc3o2)CCC1=O. The van der Waals surface area contributed by atoms with E-state index >= 15 is 0 Å². The molecule has 1 aliphatic heterocycles. The topological polar surface area (TPSA) is 75.4 Å². The Hall–Kier alpha value is -2.37. The van der Waals surface area contributed by atoms with Crippen LogP contribution in [0.1, 0.15) is 32.6 Å². The summed E-state index contributed by atoms with van der Waals surface area (Å²) in [6.07, 6.45) is 1.62. The van der Waals surface area contributed by atoms with E-state index in [0.29, 0.717) is 38.2 Å². The van der Waals surface area contributed by atoms with Crippen LogP contribution >= 0.6 is 0 Å². The minimum absolute atomic E-state index is 0.00395. The van der Waals surface area contributed by atoms with E-state index in [0.717, 1.165) is 11.1 Å². The molecule has 1 aliphatic rings. The maximum Gasteiger partial charge on any atom is 0.224 e. The normalized spacial score (nSPS) is 18.4. The van der Waals surface area contributed by atoms with Crippen LogP contribution in [0.15, 0.2) is 28.7 Å². The number of hydrogen-bond acceptors (Lipinski definition) is 4. The van der Waals surface area contributed by atoms with Crippen LogP contribution in [0.25, 0.3) is 11.1 Å². The highest BCUT2D eigenvalue weighted by atomic mass is 16.3. The molecule has 128 valence electrons. The van der Waals surface area contributed by atoms with Crippen LogP contribution in [0.2, 0.25) is 0 Å². The van der Waals surface area contributed by atoms with Gasteiger partial charge in [0.05, 0.1) is 5.92 Å². The average molecular weight is 329 g/mol. The summed E-state index contributed by atoms with van der Waals surface area (Å²) >= 11 is 0. The third-order valence-corrected chi connectivity index (χ3v) is 4.41. The number of nitrogens with one attached hydrogen (secondary N) is 1. The number of carbonyl (C=O) groups is 2. The fraction of sp³-hybridized carbons (Fsp3) is 0.500. The summed E-state index contributed by atoms with van der Waals surface area (Å²) in [5.41, 5.74) is 1.59. The van der Waals surface area contributed by atoms with Gasteiger partial charge in [-0.3, -0.25) is 9.59 Å². The summed E-state index contributed by atoms with van der Waals surface area (Å²) in [7, 11) is 0. The van der Waals surface area contributed by atoms with Gasteiger partial charge in [0.15, 0.2) is 11.5 Å². The number of rotatable bonds is 5. The third-order valence-electron chi connectivity index (χ3n) is 4.41. The summed E-state index contributed by atoms with van der Waals surface area (Å²) in [6.45, 7) is 4.94. The van der Waals surface area contributed by atoms with Gasteiger partial charge in [-0.05, 0) is 32.4 Å². The summed E-state index contributed by atoms with van der Waals surface area (Å²) < 4.78 is 5.64. The van der Waals surface area contributed by atoms with E-state index in [2.05, 4.69) is 10.3 Å². The molecule has 6 nitrogen and oxygen atoms in total. The Morgan fingerprint density at radius 2 is 2.21 bits per heavy atom. The zero-order valence-corrected chi connectivity index (χ0v) is 14.1. The van der Waals surface area contributed by atoms with E-state index in [1.807, 2.05) is 38.1 Å². The second-order valence-electron chi connectivity index (χ2n) is 6.49. The van der Waals surface area contributed by atoms with E-state index in [-0.39, 0.29) is 23.8 Å². The number of fused-ring (bicyclic) bond motifs is 1. The first-order chi connectivity index (χ1) is 11.5. The lowest BCUT2D eigenvalue weighted by atomic mass is 9.95. The van der Waals surface area contributed by atoms with E-state index < -0.39 is 0 Å². The largest absolute Gasteiger partial charge is 0.441 e. The molecule has 1 fully saturated rings. The van der Waals surface area contributed by atoms with Crippen LogP contribution in [0, 0.1) is 5.92 Å². The Kier molecular flexibility index (Phi) is 4.83. The molecule has 0 radical (unpaired) electrons. The predicted octanol–water partition coefficient (Wildman–Crippen LogP) is 2.13. The molecule has 0 saturated carbocycles. The van der Waals surface area contributed by atoms with Gasteiger partial charge in [0.1, 0.15) is 5.52 Å². The van der Waals surface area contributed by atoms with Crippen LogP contribution in [0.3, 0.4) is 0 Å². The molecule has 3 rings (SSSR count).